The third-order valence-electron chi connectivity index (χ3n) is 7.97. The Morgan fingerprint density at radius 1 is 0.432 bits per heavy atom. The molecule has 0 aromatic heterocycles. The average Bonchev–Trinajstić information content (AvgIpc) is 3.05. The van der Waals surface area contributed by atoms with Gasteiger partial charge < -0.3 is 45.6 Å². The maximum atomic E-state index is 13.7. The smallest absolute Gasteiger partial charge is 0.377 e. The van der Waals surface area contributed by atoms with Crippen molar-refractivity contribution in [3.63, 3.8) is 0 Å². The van der Waals surface area contributed by atoms with Gasteiger partial charge in [0.15, 0.2) is 0 Å². The summed E-state index contributed by atoms with van der Waals surface area (Å²) in [6.07, 6.45) is 4.44. The van der Waals surface area contributed by atoms with Crippen molar-refractivity contribution in [2.45, 2.75) is 96.9 Å². The molecule has 0 radical (unpaired) electrons. The van der Waals surface area contributed by atoms with E-state index in [-0.39, 0.29) is 39.6 Å². The van der Waals surface area contributed by atoms with Crippen molar-refractivity contribution >= 4 is 7.82 Å². The Morgan fingerprint density at radius 3 is 0.886 bits per heavy atom. The van der Waals surface area contributed by atoms with Gasteiger partial charge in [-0.1, -0.05) is 41.5 Å². The Labute approximate surface area is 267 Å². The second kappa shape index (κ2) is 25.8. The van der Waals surface area contributed by atoms with Gasteiger partial charge in [0.05, 0.1) is 96.1 Å². The van der Waals surface area contributed by atoms with E-state index in [4.69, 9.17) is 59.2 Å². The molecule has 0 rings (SSSR count). The molecule has 0 aliphatic carbocycles. The van der Waals surface area contributed by atoms with Crippen molar-refractivity contribution in [3.8, 4) is 0 Å². The number of nitrogens with two attached hydrogens (primary N) is 3. The molecule has 14 heteroatoms. The highest BCUT2D eigenvalue weighted by molar-refractivity contribution is 7.48. The zero-order valence-corrected chi connectivity index (χ0v) is 29.5. The highest BCUT2D eigenvalue weighted by Crippen LogP contribution is 2.49. The van der Waals surface area contributed by atoms with Crippen LogP contribution in [0.2, 0.25) is 0 Å². The topological polar surface area (TPSA) is 178 Å². The van der Waals surface area contributed by atoms with Gasteiger partial charge in [-0.25, -0.2) is 4.57 Å². The summed E-state index contributed by atoms with van der Waals surface area (Å²) in [4.78, 5) is 0. The minimum Gasteiger partial charge on any atom is -0.377 e. The normalized spacial score (nSPS) is 13.2. The first-order valence-corrected chi connectivity index (χ1v) is 17.9. The Bertz CT molecular complexity index is 620. The number of ether oxygens (including phenoxy) is 6. The Hall–Kier alpha value is -0.250. The summed E-state index contributed by atoms with van der Waals surface area (Å²) in [6, 6.07) is 0. The number of rotatable bonds is 33. The fourth-order valence-electron chi connectivity index (χ4n) is 4.46. The van der Waals surface area contributed by atoms with Crippen LogP contribution in [0, 0.1) is 0 Å². The van der Waals surface area contributed by atoms with Gasteiger partial charge in [-0.15, -0.1) is 0 Å². The van der Waals surface area contributed by atoms with Gasteiger partial charge >= 0.3 is 7.82 Å². The molecule has 266 valence electrons. The first-order chi connectivity index (χ1) is 21.2. The first-order valence-electron chi connectivity index (χ1n) is 16.5. The van der Waals surface area contributed by atoms with Gasteiger partial charge in [0, 0.05) is 19.6 Å². The van der Waals surface area contributed by atoms with E-state index < -0.39 is 24.6 Å². The average molecular weight is 660 g/mol. The Kier molecular flexibility index (Phi) is 25.6. The minimum atomic E-state index is -3.98. The maximum Gasteiger partial charge on any atom is 0.475 e. The van der Waals surface area contributed by atoms with E-state index in [1.54, 1.807) is 0 Å². The SMILES string of the molecule is CCC(CC)(COCCN)OCCOP(=O)(OCCOC(CC)(CC)COCCN)OCCOC(CC)(CC)COCCN. The first kappa shape index (κ1) is 43.8. The van der Waals surface area contributed by atoms with E-state index in [0.29, 0.717) is 59.3 Å². The highest BCUT2D eigenvalue weighted by atomic mass is 31.2. The lowest BCUT2D eigenvalue weighted by molar-refractivity contribution is -0.116. The summed E-state index contributed by atoms with van der Waals surface area (Å²) in [5.74, 6) is 0. The molecule has 6 N–H and O–H groups in total. The van der Waals surface area contributed by atoms with Gasteiger partial charge in [-0.05, 0) is 38.5 Å². The third kappa shape index (κ3) is 17.6. The molecule has 0 aromatic rings. The molecule has 0 fully saturated rings. The van der Waals surface area contributed by atoms with Gasteiger partial charge in [-0.2, -0.15) is 0 Å². The molecule has 0 unspecified atom stereocenters. The van der Waals surface area contributed by atoms with Crippen LogP contribution < -0.4 is 17.2 Å². The fraction of sp³-hybridized carbons (Fsp3) is 1.00. The molecule has 0 saturated heterocycles. The highest BCUT2D eigenvalue weighted by Gasteiger charge is 2.33. The minimum absolute atomic E-state index is 0.000790. The molecule has 44 heavy (non-hydrogen) atoms. The van der Waals surface area contributed by atoms with Gasteiger partial charge in [0.2, 0.25) is 0 Å². The lowest BCUT2D eigenvalue weighted by Crippen LogP contribution is -2.38. The van der Waals surface area contributed by atoms with Crippen LogP contribution in [-0.4, -0.2) is 116 Å². The van der Waals surface area contributed by atoms with E-state index in [1.165, 1.54) is 0 Å². The second-order valence-corrected chi connectivity index (χ2v) is 12.4. The van der Waals surface area contributed by atoms with Crippen molar-refractivity contribution in [3.05, 3.63) is 0 Å². The molecule has 13 nitrogen and oxygen atoms in total. The Balaban J connectivity index is 5.28. The third-order valence-corrected chi connectivity index (χ3v) is 9.47. The lowest BCUT2D eigenvalue weighted by Gasteiger charge is -2.32. The zero-order valence-electron chi connectivity index (χ0n) is 28.6. The maximum absolute atomic E-state index is 13.7. The van der Waals surface area contributed by atoms with Crippen LogP contribution in [-0.2, 0) is 46.6 Å². The zero-order chi connectivity index (χ0) is 33.2. The molecule has 0 heterocycles. The molecule has 0 spiro atoms. The van der Waals surface area contributed by atoms with E-state index in [9.17, 15) is 4.57 Å². The molecule has 0 atom stereocenters. The van der Waals surface area contributed by atoms with Gasteiger partial charge in [-0.3, -0.25) is 13.6 Å². The molecule has 0 aliphatic heterocycles. The van der Waals surface area contributed by atoms with Crippen molar-refractivity contribution in [1.82, 2.24) is 0 Å². The van der Waals surface area contributed by atoms with Crippen molar-refractivity contribution in [2.24, 2.45) is 17.2 Å². The predicted molar refractivity (Wildman–Crippen MR) is 173 cm³/mol. The number of hydrogen-bond donors (Lipinski definition) is 3. The molecule has 0 aliphatic rings. The number of phosphoric acid groups is 1. The summed E-state index contributed by atoms with van der Waals surface area (Å²) in [5.41, 5.74) is 15.2. The number of hydrogen-bond acceptors (Lipinski definition) is 13. The quantitative estimate of drug-likeness (QED) is 0.0685. The van der Waals surface area contributed by atoms with E-state index in [1.807, 2.05) is 41.5 Å². The van der Waals surface area contributed by atoms with Gasteiger partial charge in [0.25, 0.3) is 0 Å². The van der Waals surface area contributed by atoms with E-state index in [2.05, 4.69) is 0 Å². The van der Waals surface area contributed by atoms with Crippen molar-refractivity contribution in [1.29, 1.82) is 0 Å². The molecule has 0 aromatic carbocycles. The molecule has 0 amide bonds. The molecular weight excluding hydrogens is 593 g/mol. The van der Waals surface area contributed by atoms with Crippen LogP contribution in [0.1, 0.15) is 80.1 Å². The number of phosphoric ester groups is 1. The monoisotopic (exact) mass is 659 g/mol. The molecule has 0 bridgehead atoms. The summed E-state index contributed by atoms with van der Waals surface area (Å²) in [5, 5.41) is 0. The molecular formula is C30H66N3O10P. The van der Waals surface area contributed by atoms with Crippen LogP contribution in [0.15, 0.2) is 0 Å². The largest absolute Gasteiger partial charge is 0.475 e. The summed E-state index contributed by atoms with van der Waals surface area (Å²) >= 11 is 0. The van der Waals surface area contributed by atoms with E-state index >= 15 is 0 Å². The standard InChI is InChI=1S/C30H66N3O10P/c1-7-28(8-2,25-35-16-13-31)38-19-22-41-44(34,42-23-20-39-29(9-3,10-4)26-36-17-14-32)43-24-21-40-30(11-5,12-6)27-37-18-15-33/h7-27,31-33H2,1-6H3. The van der Waals surface area contributed by atoms with Crippen LogP contribution in [0.5, 0.6) is 0 Å². The van der Waals surface area contributed by atoms with Crippen LogP contribution in [0.25, 0.3) is 0 Å². The van der Waals surface area contributed by atoms with E-state index in [0.717, 1.165) is 38.5 Å². The second-order valence-electron chi connectivity index (χ2n) is 10.7. The summed E-state index contributed by atoms with van der Waals surface area (Å²) in [7, 11) is -3.98. The van der Waals surface area contributed by atoms with Crippen molar-refractivity contribution in [2.75, 3.05) is 98.9 Å². The molecule has 0 saturated carbocycles. The summed E-state index contributed by atoms with van der Waals surface area (Å²) in [6.45, 7) is 16.7. The van der Waals surface area contributed by atoms with Crippen molar-refractivity contribution < 1.29 is 46.6 Å². The lowest BCUT2D eigenvalue weighted by atomic mass is 9.98. The van der Waals surface area contributed by atoms with Gasteiger partial charge in [0.1, 0.15) is 0 Å². The fourth-order valence-corrected chi connectivity index (χ4v) is 5.58. The predicted octanol–water partition coefficient (Wildman–Crippen LogP) is 3.80. The summed E-state index contributed by atoms with van der Waals surface area (Å²) < 4.78 is 66.2. The van der Waals surface area contributed by atoms with Crippen LogP contribution in [0.3, 0.4) is 0 Å². The van der Waals surface area contributed by atoms with Crippen LogP contribution >= 0.6 is 7.82 Å². The Morgan fingerprint density at radius 2 is 0.682 bits per heavy atom. The van der Waals surface area contributed by atoms with Crippen LogP contribution in [0.4, 0.5) is 0 Å².